The van der Waals surface area contributed by atoms with E-state index in [0.29, 0.717) is 23.0 Å². The predicted octanol–water partition coefficient (Wildman–Crippen LogP) is 20.0. The van der Waals surface area contributed by atoms with Gasteiger partial charge in [0.1, 0.15) is 46.0 Å². The maximum Gasteiger partial charge on any atom is 0.308 e. The highest BCUT2D eigenvalue weighted by Crippen LogP contribution is 2.48. The van der Waals surface area contributed by atoms with Crippen molar-refractivity contribution in [3.63, 3.8) is 0 Å². The summed E-state index contributed by atoms with van der Waals surface area (Å²) in [5, 5.41) is 0. The summed E-state index contributed by atoms with van der Waals surface area (Å²) < 4.78 is 41.9. The van der Waals surface area contributed by atoms with Crippen molar-refractivity contribution in [1.29, 1.82) is 0 Å². The van der Waals surface area contributed by atoms with E-state index in [0.717, 1.165) is 74.8 Å². The van der Waals surface area contributed by atoms with E-state index in [1.54, 1.807) is 28.4 Å². The number of rotatable bonds is 19. The smallest absolute Gasteiger partial charge is 0.308 e. The second kappa shape index (κ2) is 35.0. The van der Waals surface area contributed by atoms with Gasteiger partial charge in [-0.1, -0.05) is 221 Å². The highest BCUT2D eigenvalue weighted by Gasteiger charge is 2.39. The molecule has 0 aromatic heterocycles. The number of ether oxygens (including phenoxy) is 8. The molecule has 1 aliphatic carbocycles. The minimum Gasteiger partial charge on any atom is -0.497 e. The van der Waals surface area contributed by atoms with Crippen LogP contribution in [-0.4, -0.2) is 52.3 Å². The molecule has 1 fully saturated rings. The van der Waals surface area contributed by atoms with Gasteiger partial charge in [-0.3, -0.25) is 19.2 Å². The largest absolute Gasteiger partial charge is 0.497 e. The van der Waals surface area contributed by atoms with E-state index in [1.807, 2.05) is 164 Å². The first kappa shape index (κ1) is 74.7. The van der Waals surface area contributed by atoms with Crippen molar-refractivity contribution < 1.29 is 58.5 Å². The molecular weight excluding hydrogens is 1270 g/mol. The SMILES string of the molecule is COc1ccc(C(C)(C)c2ccc(OC(C)=O)cc2)cc1.COc1ccc(C(C)(c2ccccc2)c2ccc(OC(C)=O)cc2)cc1.COc1ccc(C(c2ccccc2)(c2ccccc2)c2ccc(OC(C)=O)cc2)cc1.COc1ccc(C2(c3ccc(OC(C)=O)cc3)CCCCC2)cc1.[HH]. The van der Waals surface area contributed by atoms with Crippen LogP contribution in [0, 0.1) is 0 Å². The maximum atomic E-state index is 11.4. The molecule has 0 radical (unpaired) electrons. The first-order valence-electron chi connectivity index (χ1n) is 34.2. The molecular formula is C90H92O12. The molecule has 0 N–H and O–H groups in total. The molecule has 12 heteroatoms. The molecule has 0 amide bonds. The number of hydrogen-bond donors (Lipinski definition) is 0. The zero-order valence-electron chi connectivity index (χ0n) is 60.1. The van der Waals surface area contributed by atoms with Crippen molar-refractivity contribution in [3.8, 4) is 46.0 Å². The summed E-state index contributed by atoms with van der Waals surface area (Å²) >= 11 is 0. The van der Waals surface area contributed by atoms with E-state index < -0.39 is 5.41 Å². The Bertz CT molecular complexity index is 4410. The highest BCUT2D eigenvalue weighted by atomic mass is 16.5. The number of benzene rings is 11. The number of hydrogen-bond acceptors (Lipinski definition) is 12. The van der Waals surface area contributed by atoms with Crippen molar-refractivity contribution in [2.24, 2.45) is 0 Å². The molecule has 1 aliphatic rings. The van der Waals surface area contributed by atoms with E-state index in [9.17, 15) is 19.2 Å². The molecule has 12 rings (SSSR count). The summed E-state index contributed by atoms with van der Waals surface area (Å²) in [6, 6.07) is 95.2. The van der Waals surface area contributed by atoms with Gasteiger partial charge in [-0.15, -0.1) is 0 Å². The van der Waals surface area contributed by atoms with E-state index >= 15 is 0 Å². The fourth-order valence-electron chi connectivity index (χ4n) is 13.5. The lowest BCUT2D eigenvalue weighted by Gasteiger charge is -2.38. The van der Waals surface area contributed by atoms with Crippen molar-refractivity contribution in [2.75, 3.05) is 28.4 Å². The van der Waals surface area contributed by atoms with Gasteiger partial charge >= 0.3 is 23.9 Å². The minimum atomic E-state index is -0.552. The third-order valence-corrected chi connectivity index (χ3v) is 18.9. The third-order valence-electron chi connectivity index (χ3n) is 18.9. The van der Waals surface area contributed by atoms with Crippen LogP contribution in [0.15, 0.2) is 285 Å². The first-order valence-corrected chi connectivity index (χ1v) is 34.2. The topological polar surface area (TPSA) is 142 Å². The average molecular weight is 1370 g/mol. The third kappa shape index (κ3) is 18.3. The van der Waals surface area contributed by atoms with Crippen molar-refractivity contribution in [3.05, 3.63) is 346 Å². The standard InChI is InChI=1S/C28H24O3.C23H22O3.C21H24O3.C18H20O3.H2/c1-21(29)31-27-19-15-25(16-20-27)28(22-9-5-3-6-10-22,23-11-7-4-8-12-23)24-13-17-26(30-2)18-14-24;1-17(24)26-22-15-11-20(12-16-22)23(2,18-7-5-4-6-8-18)19-9-13-21(25-3)14-10-19;1-16(22)24-20-12-8-18(9-13-20)21(14-4-3-5-15-21)17-6-10-19(23-2)11-7-17;1-13(19)21-17-11-7-15(8-12-17)18(2,3)14-5-9-16(20-4)10-6-14;/h3-20H,1-2H3;4-16H,1-3H3;6-13H,3-5,14-15H2,1-2H3;5-12H,1-4H3;1H. The average Bonchev–Trinajstić information content (AvgIpc) is 0.728. The second-order valence-corrected chi connectivity index (χ2v) is 25.6. The second-order valence-electron chi connectivity index (χ2n) is 25.6. The van der Waals surface area contributed by atoms with Gasteiger partial charge in [-0.05, 0) is 178 Å². The molecule has 524 valence electrons. The molecule has 11 aromatic rings. The van der Waals surface area contributed by atoms with Crippen LogP contribution < -0.4 is 37.9 Å². The van der Waals surface area contributed by atoms with E-state index in [-0.39, 0.29) is 41.5 Å². The van der Waals surface area contributed by atoms with Crippen LogP contribution in [0.4, 0.5) is 0 Å². The van der Waals surface area contributed by atoms with E-state index in [4.69, 9.17) is 37.9 Å². The molecule has 1 unspecified atom stereocenters. The van der Waals surface area contributed by atoms with Gasteiger partial charge in [-0.25, -0.2) is 0 Å². The lowest BCUT2D eigenvalue weighted by atomic mass is 9.65. The lowest BCUT2D eigenvalue weighted by Crippen LogP contribution is -2.31. The molecule has 11 aromatic carbocycles. The molecule has 1 atom stereocenters. The Morgan fingerprint density at radius 2 is 0.490 bits per heavy atom. The molecule has 0 spiro atoms. The number of carbonyl (C=O) groups is 4. The Morgan fingerprint density at radius 1 is 0.275 bits per heavy atom. The molecule has 0 saturated heterocycles. The Kier molecular flexibility index (Phi) is 25.6. The van der Waals surface area contributed by atoms with Crippen LogP contribution in [0.25, 0.3) is 0 Å². The van der Waals surface area contributed by atoms with Gasteiger partial charge in [0.2, 0.25) is 0 Å². The van der Waals surface area contributed by atoms with Crippen LogP contribution in [-0.2, 0) is 40.8 Å². The molecule has 0 bridgehead atoms. The Hall–Kier alpha value is -11.5. The van der Waals surface area contributed by atoms with Gasteiger partial charge < -0.3 is 37.9 Å². The summed E-state index contributed by atoms with van der Waals surface area (Å²) in [6.45, 7) is 12.2. The molecule has 0 heterocycles. The number of methoxy groups -OCH3 is 4. The Morgan fingerprint density at radius 3 is 0.765 bits per heavy atom. The maximum absolute atomic E-state index is 11.4. The van der Waals surface area contributed by atoms with Gasteiger partial charge in [0.15, 0.2) is 0 Å². The summed E-state index contributed by atoms with van der Waals surface area (Å²) in [5.74, 6) is 4.37. The van der Waals surface area contributed by atoms with Gasteiger partial charge in [0.05, 0.1) is 33.9 Å². The van der Waals surface area contributed by atoms with Crippen LogP contribution in [0.3, 0.4) is 0 Å². The summed E-state index contributed by atoms with van der Waals surface area (Å²) in [6.07, 6.45) is 6.05. The number of esters is 4. The van der Waals surface area contributed by atoms with Crippen LogP contribution in [0.5, 0.6) is 46.0 Å². The molecule has 12 nitrogen and oxygen atoms in total. The van der Waals surface area contributed by atoms with Gasteiger partial charge in [-0.2, -0.15) is 0 Å². The van der Waals surface area contributed by atoms with Gasteiger partial charge in [0, 0.05) is 45.4 Å². The van der Waals surface area contributed by atoms with E-state index in [1.165, 1.54) is 69.2 Å². The first-order chi connectivity index (χ1) is 49.2. The van der Waals surface area contributed by atoms with Gasteiger partial charge in [0.25, 0.3) is 0 Å². The molecule has 0 aliphatic heterocycles. The predicted molar refractivity (Wildman–Crippen MR) is 405 cm³/mol. The van der Waals surface area contributed by atoms with Crippen LogP contribution in [0.2, 0.25) is 0 Å². The number of carbonyl (C=O) groups excluding carboxylic acids is 4. The Labute approximate surface area is 602 Å². The zero-order valence-corrected chi connectivity index (χ0v) is 60.1. The molecule has 1 saturated carbocycles. The fourth-order valence-corrected chi connectivity index (χ4v) is 13.5. The normalized spacial score (nSPS) is 12.8. The lowest BCUT2D eigenvalue weighted by molar-refractivity contribution is -0.132. The molecule has 102 heavy (non-hydrogen) atoms. The Balaban J connectivity index is 0.000000175. The fraction of sp³-hybridized carbons (Fsp3) is 0.222. The van der Waals surface area contributed by atoms with Crippen LogP contribution in [0.1, 0.15) is 143 Å². The summed E-state index contributed by atoms with van der Waals surface area (Å²) in [4.78, 5) is 44.6. The quantitative estimate of drug-likeness (QED) is 0.0432. The summed E-state index contributed by atoms with van der Waals surface area (Å²) in [7, 11) is 6.69. The van der Waals surface area contributed by atoms with Crippen LogP contribution >= 0.6 is 0 Å². The summed E-state index contributed by atoms with van der Waals surface area (Å²) in [5.41, 5.74) is 11.9. The van der Waals surface area contributed by atoms with Crippen molar-refractivity contribution in [1.82, 2.24) is 0 Å². The monoisotopic (exact) mass is 1360 g/mol. The van der Waals surface area contributed by atoms with E-state index in [2.05, 4.69) is 142 Å². The highest BCUT2D eigenvalue weighted by molar-refractivity contribution is 5.71. The van der Waals surface area contributed by atoms with Crippen molar-refractivity contribution in [2.45, 2.75) is 102 Å². The zero-order chi connectivity index (χ0) is 72.7. The van der Waals surface area contributed by atoms with Crippen molar-refractivity contribution >= 4 is 23.9 Å². The minimum absolute atomic E-state index is 0.